The van der Waals surface area contributed by atoms with E-state index in [2.05, 4.69) is 26.5 Å². The van der Waals surface area contributed by atoms with Crippen molar-refractivity contribution in [3.8, 4) is 5.75 Å². The number of hydrogen-bond acceptors (Lipinski definition) is 3. The number of rotatable bonds is 4. The summed E-state index contributed by atoms with van der Waals surface area (Å²) < 4.78 is 18.8. The van der Waals surface area contributed by atoms with Crippen LogP contribution in [0.25, 0.3) is 0 Å². The smallest absolute Gasteiger partial charge is 0.133 e. The molecule has 104 valence electrons. The highest BCUT2D eigenvalue weighted by Crippen LogP contribution is 2.25. The van der Waals surface area contributed by atoms with Crippen molar-refractivity contribution in [1.29, 1.82) is 0 Å². The average Bonchev–Trinajstić information content (AvgIpc) is 2.46. The van der Waals surface area contributed by atoms with Gasteiger partial charge in [-0.1, -0.05) is 0 Å². The van der Waals surface area contributed by atoms with Crippen LogP contribution in [0.4, 0.5) is 10.1 Å². The van der Waals surface area contributed by atoms with E-state index < -0.39 is 0 Å². The van der Waals surface area contributed by atoms with E-state index in [1.54, 1.807) is 19.2 Å². The van der Waals surface area contributed by atoms with Crippen molar-refractivity contribution in [2.75, 3.05) is 12.5 Å². The first kappa shape index (κ1) is 14.5. The van der Waals surface area contributed by atoms with Gasteiger partial charge in [-0.05, 0) is 70.9 Å². The Morgan fingerprint density at radius 1 is 1.20 bits per heavy atom. The first-order valence-electron chi connectivity index (χ1n) is 6.00. The molecule has 0 amide bonds. The molecule has 0 saturated heterocycles. The summed E-state index contributed by atoms with van der Waals surface area (Å²) in [5, 5.41) is 4.27. The highest BCUT2D eigenvalue weighted by Gasteiger charge is 2.03. The molecule has 0 spiro atoms. The Balaban J connectivity index is 2.14. The molecule has 2 rings (SSSR count). The maximum absolute atomic E-state index is 12.8. The summed E-state index contributed by atoms with van der Waals surface area (Å²) in [6.07, 6.45) is 0. The van der Waals surface area contributed by atoms with E-state index in [0.717, 1.165) is 27.2 Å². The van der Waals surface area contributed by atoms with Gasteiger partial charge in [-0.15, -0.1) is 0 Å². The van der Waals surface area contributed by atoms with Crippen LogP contribution in [0.5, 0.6) is 5.75 Å². The molecule has 0 unspecified atom stereocenters. The topological polar surface area (TPSA) is 33.6 Å². The highest BCUT2D eigenvalue weighted by atomic mass is 79.9. The van der Waals surface area contributed by atoms with E-state index in [4.69, 9.17) is 4.74 Å². The monoisotopic (exact) mass is 336 g/mol. The summed E-state index contributed by atoms with van der Waals surface area (Å²) in [5.74, 6) is 0.503. The van der Waals surface area contributed by atoms with Crippen molar-refractivity contribution >= 4 is 27.3 Å². The van der Waals surface area contributed by atoms with Crippen LogP contribution in [0.3, 0.4) is 0 Å². The number of benzene rings is 2. The number of ether oxygens (including phenoxy) is 1. The van der Waals surface area contributed by atoms with Crippen molar-refractivity contribution in [1.82, 2.24) is 0 Å². The largest absolute Gasteiger partial charge is 0.496 e. The fourth-order valence-electron chi connectivity index (χ4n) is 1.63. The minimum absolute atomic E-state index is 0.268. The number of methoxy groups -OCH3 is 1. The molecule has 2 aromatic rings. The zero-order valence-corrected chi connectivity index (χ0v) is 12.7. The van der Waals surface area contributed by atoms with E-state index in [1.807, 2.05) is 25.1 Å². The summed E-state index contributed by atoms with van der Waals surface area (Å²) in [5.41, 5.74) is 5.41. The van der Waals surface area contributed by atoms with Crippen LogP contribution in [0.1, 0.15) is 12.5 Å². The van der Waals surface area contributed by atoms with Crippen LogP contribution in [0.15, 0.2) is 52.0 Å². The normalized spacial score (nSPS) is 11.3. The van der Waals surface area contributed by atoms with Crippen LogP contribution in [-0.2, 0) is 0 Å². The number of nitrogens with one attached hydrogen (secondary N) is 1. The van der Waals surface area contributed by atoms with Gasteiger partial charge in [0, 0.05) is 0 Å². The number of nitrogens with zero attached hydrogens (tertiary/aromatic N) is 1. The van der Waals surface area contributed by atoms with E-state index in [-0.39, 0.29) is 5.82 Å². The molecule has 0 saturated carbocycles. The Hall–Kier alpha value is -1.88. The third-order valence-electron chi connectivity index (χ3n) is 2.77. The Kier molecular flexibility index (Phi) is 4.74. The number of hydrazone groups is 1. The molecule has 0 radical (unpaired) electrons. The lowest BCUT2D eigenvalue weighted by Crippen LogP contribution is -2.00. The SMILES string of the molecule is COc1ccc(/C(C)=N\Nc2ccc(F)cc2)cc1Br. The van der Waals surface area contributed by atoms with E-state index in [1.165, 1.54) is 12.1 Å². The molecule has 0 atom stereocenters. The zero-order valence-electron chi connectivity index (χ0n) is 11.2. The van der Waals surface area contributed by atoms with Gasteiger partial charge >= 0.3 is 0 Å². The van der Waals surface area contributed by atoms with Gasteiger partial charge in [0.05, 0.1) is 23.0 Å². The molecule has 0 aromatic heterocycles. The fraction of sp³-hybridized carbons (Fsp3) is 0.133. The molecule has 0 heterocycles. The van der Waals surface area contributed by atoms with Gasteiger partial charge in [-0.25, -0.2) is 4.39 Å². The summed E-state index contributed by atoms with van der Waals surface area (Å²) in [4.78, 5) is 0. The zero-order chi connectivity index (χ0) is 14.5. The summed E-state index contributed by atoms with van der Waals surface area (Å²) in [7, 11) is 1.62. The van der Waals surface area contributed by atoms with Gasteiger partial charge in [0.1, 0.15) is 11.6 Å². The molecular formula is C15H14BrFN2O. The molecular weight excluding hydrogens is 323 g/mol. The van der Waals surface area contributed by atoms with Crippen molar-refractivity contribution in [2.45, 2.75) is 6.92 Å². The minimum Gasteiger partial charge on any atom is -0.496 e. The van der Waals surface area contributed by atoms with Crippen LogP contribution in [0.2, 0.25) is 0 Å². The molecule has 0 bridgehead atoms. The van der Waals surface area contributed by atoms with Crippen LogP contribution in [-0.4, -0.2) is 12.8 Å². The van der Waals surface area contributed by atoms with Crippen LogP contribution in [0, 0.1) is 5.82 Å². The molecule has 2 aromatic carbocycles. The van der Waals surface area contributed by atoms with Gasteiger partial charge < -0.3 is 4.74 Å². The van der Waals surface area contributed by atoms with Gasteiger partial charge in [0.2, 0.25) is 0 Å². The van der Waals surface area contributed by atoms with E-state index in [0.29, 0.717) is 0 Å². The third-order valence-corrected chi connectivity index (χ3v) is 3.39. The second-order valence-corrected chi connectivity index (χ2v) is 5.02. The lowest BCUT2D eigenvalue weighted by Gasteiger charge is -2.07. The van der Waals surface area contributed by atoms with Crippen molar-refractivity contribution in [3.05, 3.63) is 58.3 Å². The van der Waals surface area contributed by atoms with E-state index in [9.17, 15) is 4.39 Å². The molecule has 0 aliphatic heterocycles. The summed E-state index contributed by atoms with van der Waals surface area (Å²) >= 11 is 3.44. The molecule has 0 aliphatic carbocycles. The summed E-state index contributed by atoms with van der Waals surface area (Å²) in [6, 6.07) is 11.8. The van der Waals surface area contributed by atoms with Gasteiger partial charge in [0.25, 0.3) is 0 Å². The molecule has 5 heteroatoms. The van der Waals surface area contributed by atoms with Gasteiger partial charge in [0.15, 0.2) is 0 Å². The van der Waals surface area contributed by atoms with Gasteiger partial charge in [-0.2, -0.15) is 5.10 Å². The maximum Gasteiger partial charge on any atom is 0.133 e. The standard InChI is InChI=1S/C15H14BrFN2O/c1-10(11-3-8-15(20-2)14(16)9-11)18-19-13-6-4-12(17)5-7-13/h3-9,19H,1-2H3/b18-10-. The maximum atomic E-state index is 12.8. The minimum atomic E-state index is -0.268. The summed E-state index contributed by atoms with van der Waals surface area (Å²) in [6.45, 7) is 1.89. The number of hydrogen-bond donors (Lipinski definition) is 1. The molecule has 3 nitrogen and oxygen atoms in total. The Morgan fingerprint density at radius 2 is 1.90 bits per heavy atom. The van der Waals surface area contributed by atoms with Crippen LogP contribution < -0.4 is 10.2 Å². The first-order chi connectivity index (χ1) is 9.60. The Morgan fingerprint density at radius 3 is 2.50 bits per heavy atom. The van der Waals surface area contributed by atoms with Crippen molar-refractivity contribution < 1.29 is 9.13 Å². The molecule has 20 heavy (non-hydrogen) atoms. The predicted octanol–water partition coefficient (Wildman–Crippen LogP) is 4.43. The average molecular weight is 337 g/mol. The number of anilines is 1. The van der Waals surface area contributed by atoms with E-state index >= 15 is 0 Å². The van der Waals surface area contributed by atoms with Crippen molar-refractivity contribution in [3.63, 3.8) is 0 Å². The number of halogens is 2. The third kappa shape index (κ3) is 3.57. The fourth-order valence-corrected chi connectivity index (χ4v) is 2.17. The lowest BCUT2D eigenvalue weighted by atomic mass is 10.1. The van der Waals surface area contributed by atoms with Crippen LogP contribution >= 0.6 is 15.9 Å². The Bertz CT molecular complexity index is 626. The predicted molar refractivity (Wildman–Crippen MR) is 82.9 cm³/mol. The quantitative estimate of drug-likeness (QED) is 0.661. The second kappa shape index (κ2) is 6.52. The second-order valence-electron chi connectivity index (χ2n) is 4.17. The Labute approximate surface area is 125 Å². The van der Waals surface area contributed by atoms with Crippen molar-refractivity contribution in [2.24, 2.45) is 5.10 Å². The highest BCUT2D eigenvalue weighted by molar-refractivity contribution is 9.10. The van der Waals surface area contributed by atoms with Gasteiger partial charge in [-0.3, -0.25) is 5.43 Å². The lowest BCUT2D eigenvalue weighted by molar-refractivity contribution is 0.412. The molecule has 0 aliphatic rings. The first-order valence-corrected chi connectivity index (χ1v) is 6.79. The molecule has 1 N–H and O–H groups in total. The molecule has 0 fully saturated rings.